The van der Waals surface area contributed by atoms with Crippen molar-refractivity contribution in [2.75, 3.05) is 25.1 Å². The molecule has 146 valence electrons. The molecule has 0 fully saturated rings. The molecule has 10 heteroatoms. The van der Waals surface area contributed by atoms with Gasteiger partial charge in [0.2, 0.25) is 0 Å². The summed E-state index contributed by atoms with van der Waals surface area (Å²) in [6.07, 6.45) is 1.24. The average molecular weight is 491 g/mol. The first-order valence-electron chi connectivity index (χ1n) is 7.83. The Bertz CT molecular complexity index is 890. The Morgan fingerprint density at radius 2 is 1.81 bits per heavy atom. The van der Waals surface area contributed by atoms with Crippen molar-refractivity contribution in [2.24, 2.45) is 7.05 Å². The zero-order chi connectivity index (χ0) is 20.2. The molecule has 2 rings (SSSR count). The molecule has 0 atom stereocenters. The summed E-state index contributed by atoms with van der Waals surface area (Å²) in [5, 5.41) is 33.2. The molecule has 1 aromatic carbocycles. The third kappa shape index (κ3) is 4.83. The van der Waals surface area contributed by atoms with Crippen LogP contribution in [0.4, 0.5) is 15.8 Å². The largest absolute Gasteiger partial charge is 0.394 e. The van der Waals surface area contributed by atoms with Gasteiger partial charge < -0.3 is 30.5 Å². The van der Waals surface area contributed by atoms with Gasteiger partial charge in [-0.3, -0.25) is 9.59 Å². The van der Waals surface area contributed by atoms with Gasteiger partial charge in [0.1, 0.15) is 11.4 Å². The highest BCUT2D eigenvalue weighted by Crippen LogP contribution is 2.24. The van der Waals surface area contributed by atoms with Gasteiger partial charge in [-0.05, 0) is 40.8 Å². The molecule has 8 nitrogen and oxygen atoms in total. The molecule has 0 aliphatic heterocycles. The summed E-state index contributed by atoms with van der Waals surface area (Å²) >= 11 is 1.95. The van der Waals surface area contributed by atoms with Crippen LogP contribution < -0.4 is 16.2 Å². The Balaban J connectivity index is 2.45. The number of aryl methyl sites for hydroxylation is 1. The molecule has 1 heterocycles. The zero-order valence-electron chi connectivity index (χ0n) is 14.4. The first-order valence-corrected chi connectivity index (χ1v) is 8.91. The Morgan fingerprint density at radius 1 is 1.19 bits per heavy atom. The standard InChI is InChI=1S/C17H19FIN3O5/c1-22-6-11(16(27)21-17(7-23,8-24)9-25)14(5-15(22)26)20-13-3-2-10(19)4-12(13)18/h2-6,20,23-25H,7-9H2,1H3,(H,21,27). The Kier molecular flexibility index (Phi) is 6.92. The second-order valence-corrected chi connectivity index (χ2v) is 7.25. The van der Waals surface area contributed by atoms with Crippen molar-refractivity contribution < 1.29 is 24.5 Å². The second-order valence-electron chi connectivity index (χ2n) is 6.01. The second kappa shape index (κ2) is 8.78. The molecule has 0 saturated carbocycles. The Hall–Kier alpha value is -2.02. The predicted octanol–water partition coefficient (Wildman–Crippen LogP) is 0.318. The van der Waals surface area contributed by atoms with Crippen LogP contribution >= 0.6 is 22.6 Å². The van der Waals surface area contributed by atoms with E-state index in [9.17, 15) is 29.3 Å². The lowest BCUT2D eigenvalue weighted by atomic mass is 10.0. The molecule has 0 radical (unpaired) electrons. The number of anilines is 2. The zero-order valence-corrected chi connectivity index (χ0v) is 16.5. The number of aliphatic hydroxyl groups excluding tert-OH is 3. The number of halogens is 2. The van der Waals surface area contributed by atoms with Crippen LogP contribution in [0.5, 0.6) is 0 Å². The van der Waals surface area contributed by atoms with E-state index in [0.29, 0.717) is 3.57 Å². The van der Waals surface area contributed by atoms with Crippen LogP contribution in [-0.2, 0) is 7.05 Å². The SMILES string of the molecule is Cn1cc(C(=O)NC(CO)(CO)CO)c(Nc2ccc(I)cc2F)cc1=O. The van der Waals surface area contributed by atoms with Gasteiger partial charge in [0.25, 0.3) is 11.5 Å². The highest BCUT2D eigenvalue weighted by atomic mass is 127. The van der Waals surface area contributed by atoms with Crippen molar-refractivity contribution in [3.63, 3.8) is 0 Å². The highest BCUT2D eigenvalue weighted by Gasteiger charge is 2.31. The maximum atomic E-state index is 14.1. The number of nitrogens with one attached hydrogen (secondary N) is 2. The van der Waals surface area contributed by atoms with E-state index in [1.807, 2.05) is 22.6 Å². The van der Waals surface area contributed by atoms with E-state index in [-0.39, 0.29) is 16.9 Å². The van der Waals surface area contributed by atoms with Crippen molar-refractivity contribution >= 4 is 39.9 Å². The van der Waals surface area contributed by atoms with Gasteiger partial charge in [-0.15, -0.1) is 0 Å². The number of hydrogen-bond acceptors (Lipinski definition) is 6. The van der Waals surface area contributed by atoms with Gasteiger partial charge >= 0.3 is 0 Å². The first kappa shape index (κ1) is 21.3. The van der Waals surface area contributed by atoms with Crippen LogP contribution in [-0.4, -0.2) is 51.2 Å². The molecule has 27 heavy (non-hydrogen) atoms. The van der Waals surface area contributed by atoms with Crippen LogP contribution in [0.2, 0.25) is 0 Å². The molecule has 0 aliphatic carbocycles. The molecule has 0 aliphatic rings. The number of amides is 1. The highest BCUT2D eigenvalue weighted by molar-refractivity contribution is 14.1. The fraction of sp³-hybridized carbons (Fsp3) is 0.294. The number of aromatic nitrogens is 1. The van der Waals surface area contributed by atoms with E-state index in [1.54, 1.807) is 6.07 Å². The molecule has 2 aromatic rings. The molecule has 5 N–H and O–H groups in total. The van der Waals surface area contributed by atoms with Gasteiger partial charge in [0.15, 0.2) is 0 Å². The molecular formula is C17H19FIN3O5. The van der Waals surface area contributed by atoms with Crippen molar-refractivity contribution in [1.29, 1.82) is 0 Å². The summed E-state index contributed by atoms with van der Waals surface area (Å²) in [6.45, 7) is -2.11. The number of rotatable bonds is 7. The van der Waals surface area contributed by atoms with Gasteiger partial charge in [0.05, 0.1) is 36.8 Å². The minimum absolute atomic E-state index is 0.0326. The van der Waals surface area contributed by atoms with E-state index in [0.717, 1.165) is 10.6 Å². The summed E-state index contributed by atoms with van der Waals surface area (Å²) in [6, 6.07) is 5.54. The van der Waals surface area contributed by atoms with E-state index in [2.05, 4.69) is 10.6 Å². The number of benzene rings is 1. The van der Waals surface area contributed by atoms with Crippen LogP contribution in [0, 0.1) is 9.39 Å². The number of carbonyl (C=O) groups excluding carboxylic acids is 1. The number of nitrogens with zero attached hydrogens (tertiary/aromatic N) is 1. The topological polar surface area (TPSA) is 124 Å². The van der Waals surface area contributed by atoms with E-state index in [4.69, 9.17) is 0 Å². The monoisotopic (exact) mass is 491 g/mol. The molecule has 0 bridgehead atoms. The van der Waals surface area contributed by atoms with Crippen LogP contribution in [0.1, 0.15) is 10.4 Å². The predicted molar refractivity (Wildman–Crippen MR) is 106 cm³/mol. The quantitative estimate of drug-likeness (QED) is 0.356. The summed E-state index contributed by atoms with van der Waals surface area (Å²) in [5.74, 6) is -1.33. The lowest BCUT2D eigenvalue weighted by Gasteiger charge is -2.29. The van der Waals surface area contributed by atoms with Crippen LogP contribution in [0.15, 0.2) is 35.3 Å². The number of carbonyl (C=O) groups is 1. The smallest absolute Gasteiger partial charge is 0.255 e. The lowest BCUT2D eigenvalue weighted by Crippen LogP contribution is -2.57. The van der Waals surface area contributed by atoms with E-state index >= 15 is 0 Å². The lowest BCUT2D eigenvalue weighted by molar-refractivity contribution is 0.0375. The fourth-order valence-electron chi connectivity index (χ4n) is 2.23. The maximum Gasteiger partial charge on any atom is 0.255 e. The third-order valence-electron chi connectivity index (χ3n) is 3.96. The maximum absolute atomic E-state index is 14.1. The van der Waals surface area contributed by atoms with Gasteiger partial charge in [0, 0.05) is 22.9 Å². The molecule has 0 saturated heterocycles. The first-order chi connectivity index (χ1) is 12.7. The minimum Gasteiger partial charge on any atom is -0.394 e. The van der Waals surface area contributed by atoms with Gasteiger partial charge in [-0.1, -0.05) is 0 Å². The number of pyridine rings is 1. The summed E-state index contributed by atoms with van der Waals surface area (Å²) in [4.78, 5) is 24.6. The van der Waals surface area contributed by atoms with Crippen molar-refractivity contribution in [1.82, 2.24) is 9.88 Å². The molecular weight excluding hydrogens is 472 g/mol. The van der Waals surface area contributed by atoms with Crippen molar-refractivity contribution in [2.45, 2.75) is 5.54 Å². The Morgan fingerprint density at radius 3 is 2.37 bits per heavy atom. The molecule has 1 aromatic heterocycles. The Labute approximate surface area is 167 Å². The number of aliphatic hydroxyl groups is 3. The van der Waals surface area contributed by atoms with Gasteiger partial charge in [-0.2, -0.15) is 0 Å². The molecule has 0 spiro atoms. The normalized spacial score (nSPS) is 11.3. The van der Waals surface area contributed by atoms with Crippen LogP contribution in [0.3, 0.4) is 0 Å². The number of hydrogen-bond donors (Lipinski definition) is 5. The fourth-order valence-corrected chi connectivity index (χ4v) is 2.68. The summed E-state index contributed by atoms with van der Waals surface area (Å²) < 4.78 is 16.0. The van der Waals surface area contributed by atoms with E-state index in [1.165, 1.54) is 25.4 Å². The average Bonchev–Trinajstić information content (AvgIpc) is 2.64. The molecule has 0 unspecified atom stereocenters. The van der Waals surface area contributed by atoms with Crippen molar-refractivity contribution in [3.05, 3.63) is 55.8 Å². The molecule has 1 amide bonds. The van der Waals surface area contributed by atoms with Crippen molar-refractivity contribution in [3.8, 4) is 0 Å². The summed E-state index contributed by atoms with van der Waals surface area (Å²) in [7, 11) is 1.44. The van der Waals surface area contributed by atoms with Gasteiger partial charge in [-0.25, -0.2) is 4.39 Å². The summed E-state index contributed by atoms with van der Waals surface area (Å²) in [5.41, 5.74) is -2.00. The van der Waals surface area contributed by atoms with Crippen LogP contribution in [0.25, 0.3) is 0 Å². The minimum atomic E-state index is -1.64. The third-order valence-corrected chi connectivity index (χ3v) is 4.63. The van der Waals surface area contributed by atoms with E-state index < -0.39 is 42.6 Å².